The first-order valence-electron chi connectivity index (χ1n) is 14.6. The van der Waals surface area contributed by atoms with Crippen molar-refractivity contribution >= 4 is 10.9 Å². The van der Waals surface area contributed by atoms with Crippen LogP contribution in [0.25, 0.3) is 22.0 Å². The van der Waals surface area contributed by atoms with Gasteiger partial charge in [0.15, 0.2) is 0 Å². The highest BCUT2D eigenvalue weighted by molar-refractivity contribution is 5.98. The molecule has 4 aromatic rings. The number of hydrogen-bond acceptors (Lipinski definition) is 3. The Hall–Kier alpha value is -3.05. The van der Waals surface area contributed by atoms with Crippen LogP contribution >= 0.6 is 0 Å². The summed E-state index contributed by atoms with van der Waals surface area (Å²) in [6, 6.07) is 13.5. The second-order valence-electron chi connectivity index (χ2n) is 11.0. The molecular weight excluding hydrogens is 470 g/mol. The molecule has 2 aromatic heterocycles. The van der Waals surface area contributed by atoms with Crippen LogP contribution in [-0.4, -0.2) is 27.6 Å². The predicted octanol–water partition coefficient (Wildman–Crippen LogP) is 7.11. The molecule has 2 aromatic carbocycles. The summed E-state index contributed by atoms with van der Waals surface area (Å²) >= 11 is 0. The maximum Gasteiger partial charge on any atom is 0.122 e. The van der Waals surface area contributed by atoms with Gasteiger partial charge in [0.1, 0.15) is 5.75 Å². The van der Waals surface area contributed by atoms with Crippen LogP contribution in [0.5, 0.6) is 5.75 Å². The summed E-state index contributed by atoms with van der Waals surface area (Å²) in [5.41, 5.74) is 12.1. The van der Waals surface area contributed by atoms with E-state index in [4.69, 9.17) is 14.6 Å². The van der Waals surface area contributed by atoms with Crippen LogP contribution in [0.4, 0.5) is 0 Å². The highest BCUT2D eigenvalue weighted by atomic mass is 16.5. The van der Waals surface area contributed by atoms with Gasteiger partial charge in [-0.2, -0.15) is 5.10 Å². The summed E-state index contributed by atoms with van der Waals surface area (Å²) in [6.07, 6.45) is 10.1. The van der Waals surface area contributed by atoms with Crippen LogP contribution in [0, 0.1) is 6.92 Å². The van der Waals surface area contributed by atoms with Gasteiger partial charge in [0.2, 0.25) is 0 Å². The fraction of sp³-hybridized carbons (Fsp3) is 0.485. The van der Waals surface area contributed by atoms with Gasteiger partial charge in [0.25, 0.3) is 0 Å². The van der Waals surface area contributed by atoms with Crippen LogP contribution in [0.2, 0.25) is 0 Å². The molecule has 200 valence electrons. The summed E-state index contributed by atoms with van der Waals surface area (Å²) in [6.45, 7) is 7.67. The van der Waals surface area contributed by atoms with Gasteiger partial charge in [-0.1, -0.05) is 37.3 Å². The maximum absolute atomic E-state index is 6.38. The molecule has 1 aliphatic carbocycles. The SMILES string of the molecule is CCc1c2c(nn1C)COCCCCn1c(C)c(CCCOc3cccc4c3CCCC4)c3cccc-2c31. The third-order valence-electron chi connectivity index (χ3n) is 8.66. The molecule has 5 heteroatoms. The average Bonchev–Trinajstić information content (AvgIpc) is 3.39. The number of hydrogen-bond donors (Lipinski definition) is 0. The van der Waals surface area contributed by atoms with E-state index in [1.54, 1.807) is 0 Å². The number of fused-ring (bicyclic) bond motifs is 3. The molecule has 0 atom stereocenters. The Morgan fingerprint density at radius 1 is 1.03 bits per heavy atom. The number of para-hydroxylation sites is 1. The minimum atomic E-state index is 0.576. The maximum atomic E-state index is 6.38. The molecule has 0 saturated carbocycles. The molecule has 0 spiro atoms. The van der Waals surface area contributed by atoms with Gasteiger partial charge in [0, 0.05) is 48.1 Å². The third-order valence-corrected chi connectivity index (χ3v) is 8.66. The number of rotatable bonds is 6. The zero-order valence-electron chi connectivity index (χ0n) is 23.3. The fourth-order valence-corrected chi connectivity index (χ4v) is 6.79. The van der Waals surface area contributed by atoms with Gasteiger partial charge in [-0.25, -0.2) is 0 Å². The van der Waals surface area contributed by atoms with Gasteiger partial charge in [0.05, 0.1) is 24.4 Å². The quantitative estimate of drug-likeness (QED) is 0.259. The minimum Gasteiger partial charge on any atom is -0.493 e. The lowest BCUT2D eigenvalue weighted by Crippen LogP contribution is -2.08. The molecule has 0 radical (unpaired) electrons. The lowest BCUT2D eigenvalue weighted by atomic mass is 9.91. The normalized spacial score (nSPS) is 15.7. The number of aromatic nitrogens is 3. The van der Waals surface area contributed by atoms with Gasteiger partial charge >= 0.3 is 0 Å². The molecule has 0 amide bonds. The monoisotopic (exact) mass is 511 g/mol. The number of benzene rings is 2. The third kappa shape index (κ3) is 4.55. The molecule has 38 heavy (non-hydrogen) atoms. The van der Waals surface area contributed by atoms with Crippen molar-refractivity contribution in [3.63, 3.8) is 0 Å². The highest BCUT2D eigenvalue weighted by Crippen LogP contribution is 2.39. The Balaban J connectivity index is 1.33. The molecule has 0 bridgehead atoms. The first-order chi connectivity index (χ1) is 18.7. The molecule has 6 rings (SSSR count). The Bertz CT molecular complexity index is 1440. The second kappa shape index (κ2) is 11.0. The Kier molecular flexibility index (Phi) is 7.29. The smallest absolute Gasteiger partial charge is 0.122 e. The minimum absolute atomic E-state index is 0.576. The van der Waals surface area contributed by atoms with Crippen molar-refractivity contribution in [1.82, 2.24) is 14.3 Å². The van der Waals surface area contributed by atoms with E-state index in [0.29, 0.717) is 6.61 Å². The molecule has 3 heterocycles. The van der Waals surface area contributed by atoms with Crippen molar-refractivity contribution < 1.29 is 9.47 Å². The number of aryl methyl sites for hydroxylation is 4. The van der Waals surface area contributed by atoms with Crippen molar-refractivity contribution in [3.8, 4) is 16.9 Å². The van der Waals surface area contributed by atoms with E-state index in [2.05, 4.69) is 66.5 Å². The van der Waals surface area contributed by atoms with E-state index < -0.39 is 0 Å². The summed E-state index contributed by atoms with van der Waals surface area (Å²) in [5, 5.41) is 6.29. The zero-order chi connectivity index (χ0) is 26.1. The topological polar surface area (TPSA) is 41.2 Å². The number of ether oxygens (including phenoxy) is 2. The largest absolute Gasteiger partial charge is 0.493 e. The Morgan fingerprint density at radius 2 is 1.89 bits per heavy atom. The second-order valence-corrected chi connectivity index (χ2v) is 11.0. The molecule has 0 unspecified atom stereocenters. The molecule has 0 fully saturated rings. The van der Waals surface area contributed by atoms with Gasteiger partial charge in [-0.15, -0.1) is 0 Å². The van der Waals surface area contributed by atoms with Crippen molar-refractivity contribution in [3.05, 3.63) is 70.2 Å². The summed E-state index contributed by atoms with van der Waals surface area (Å²) in [7, 11) is 2.07. The molecule has 1 aliphatic heterocycles. The molecule has 0 N–H and O–H groups in total. The summed E-state index contributed by atoms with van der Waals surface area (Å²) in [4.78, 5) is 0. The van der Waals surface area contributed by atoms with E-state index in [9.17, 15) is 0 Å². The van der Waals surface area contributed by atoms with E-state index in [0.717, 1.165) is 69.7 Å². The van der Waals surface area contributed by atoms with E-state index in [1.807, 2.05) is 0 Å². The van der Waals surface area contributed by atoms with Crippen molar-refractivity contribution in [2.24, 2.45) is 7.05 Å². The van der Waals surface area contributed by atoms with Crippen LogP contribution < -0.4 is 4.74 Å². The van der Waals surface area contributed by atoms with Crippen LogP contribution in [0.15, 0.2) is 36.4 Å². The van der Waals surface area contributed by atoms with Crippen molar-refractivity contribution in [2.75, 3.05) is 13.2 Å². The standard InChI is InChI=1S/C33H41N3O2/c1-4-30-32-28-16-10-15-27-25(17-11-21-38-31-18-9-13-24-12-5-6-14-26(24)31)23(2)36(33(27)28)19-7-8-20-37-22-29(32)34-35(30)3/h9-10,13,15-16,18H,4-8,11-12,14,17,19-22H2,1-3H3. The van der Waals surface area contributed by atoms with Crippen LogP contribution in [0.3, 0.4) is 0 Å². The van der Waals surface area contributed by atoms with E-state index >= 15 is 0 Å². The van der Waals surface area contributed by atoms with Gasteiger partial charge in [-0.05, 0) is 87.5 Å². The first kappa shape index (κ1) is 25.2. The fourth-order valence-electron chi connectivity index (χ4n) is 6.79. The van der Waals surface area contributed by atoms with Crippen LogP contribution in [-0.2, 0) is 50.6 Å². The predicted molar refractivity (Wildman–Crippen MR) is 154 cm³/mol. The lowest BCUT2D eigenvalue weighted by molar-refractivity contribution is 0.114. The Morgan fingerprint density at radius 3 is 2.79 bits per heavy atom. The molecule has 0 saturated heterocycles. The van der Waals surface area contributed by atoms with Crippen molar-refractivity contribution in [2.45, 2.75) is 84.8 Å². The Labute approximate surface area is 226 Å². The van der Waals surface area contributed by atoms with E-state index in [-0.39, 0.29) is 0 Å². The highest BCUT2D eigenvalue weighted by Gasteiger charge is 2.24. The molecular formula is C33H41N3O2. The molecule has 2 aliphatic rings. The summed E-state index contributed by atoms with van der Waals surface area (Å²) in [5.74, 6) is 1.11. The van der Waals surface area contributed by atoms with Gasteiger partial charge in [-0.3, -0.25) is 4.68 Å². The first-order valence-corrected chi connectivity index (χ1v) is 14.6. The van der Waals surface area contributed by atoms with Crippen LogP contribution in [0.1, 0.15) is 72.8 Å². The molecule has 5 nitrogen and oxygen atoms in total. The van der Waals surface area contributed by atoms with Gasteiger partial charge < -0.3 is 14.0 Å². The van der Waals surface area contributed by atoms with Crippen molar-refractivity contribution in [1.29, 1.82) is 0 Å². The number of nitrogens with zero attached hydrogens (tertiary/aromatic N) is 3. The lowest BCUT2D eigenvalue weighted by Gasteiger charge is -2.19. The zero-order valence-corrected chi connectivity index (χ0v) is 23.3. The average molecular weight is 512 g/mol. The summed E-state index contributed by atoms with van der Waals surface area (Å²) < 4.78 is 17.1. The van der Waals surface area contributed by atoms with E-state index in [1.165, 1.54) is 69.4 Å².